The van der Waals surface area contributed by atoms with Gasteiger partial charge in [-0.25, -0.2) is 9.18 Å². The van der Waals surface area contributed by atoms with Crippen molar-refractivity contribution >= 4 is 17.8 Å². The van der Waals surface area contributed by atoms with Crippen molar-refractivity contribution in [2.75, 3.05) is 26.0 Å². The maximum Gasteiger partial charge on any atom is 0.411 e. The molecule has 2 aromatic carbocycles. The zero-order valence-corrected chi connectivity index (χ0v) is 20.5. The van der Waals surface area contributed by atoms with E-state index in [-0.39, 0.29) is 12.1 Å². The molecule has 1 aliphatic heterocycles. The van der Waals surface area contributed by atoms with Crippen LogP contribution in [0.5, 0.6) is 0 Å². The number of carbonyl (C=O) groups excluding carboxylic acids is 2. The molecular formula is C26H27FN6O3. The average molecular weight is 491 g/mol. The van der Waals surface area contributed by atoms with Crippen LogP contribution in [-0.4, -0.2) is 52.6 Å². The molecule has 186 valence electrons. The van der Waals surface area contributed by atoms with E-state index in [1.807, 2.05) is 32.8 Å². The molecule has 9 nitrogen and oxygen atoms in total. The van der Waals surface area contributed by atoms with Gasteiger partial charge in [-0.05, 0) is 69.9 Å². The lowest BCUT2D eigenvalue weighted by molar-refractivity contribution is 0.0259. The predicted octanol–water partition coefficient (Wildman–Crippen LogP) is 4.16. The van der Waals surface area contributed by atoms with E-state index >= 15 is 0 Å². The molecule has 36 heavy (non-hydrogen) atoms. The molecule has 1 atom stereocenters. The lowest BCUT2D eigenvalue weighted by Gasteiger charge is -2.33. The van der Waals surface area contributed by atoms with Crippen LogP contribution in [0.25, 0.3) is 0 Å². The number of anilines is 1. The van der Waals surface area contributed by atoms with Gasteiger partial charge >= 0.3 is 6.09 Å². The van der Waals surface area contributed by atoms with Gasteiger partial charge in [0.05, 0.1) is 29.4 Å². The summed E-state index contributed by atoms with van der Waals surface area (Å²) in [4.78, 5) is 29.5. The number of H-pyrrole nitrogens is 1. The molecule has 0 saturated heterocycles. The topological polar surface area (TPSA) is 114 Å². The van der Waals surface area contributed by atoms with E-state index in [9.17, 15) is 14.0 Å². The molecule has 0 aliphatic carbocycles. The monoisotopic (exact) mass is 490 g/mol. The Kier molecular flexibility index (Phi) is 6.77. The largest absolute Gasteiger partial charge is 0.440 e. The summed E-state index contributed by atoms with van der Waals surface area (Å²) in [6.07, 6.45) is -1.07. The van der Waals surface area contributed by atoms with Crippen LogP contribution in [0.2, 0.25) is 0 Å². The smallest absolute Gasteiger partial charge is 0.411 e. The molecule has 0 spiro atoms. The fraction of sp³-hybridized carbons (Fsp3) is 0.308. The second-order valence-corrected chi connectivity index (χ2v) is 9.40. The van der Waals surface area contributed by atoms with Crippen LogP contribution >= 0.6 is 0 Å². The maximum atomic E-state index is 13.4. The van der Waals surface area contributed by atoms with Crippen molar-refractivity contribution in [3.8, 4) is 6.07 Å². The highest BCUT2D eigenvalue weighted by Gasteiger charge is 2.45. The minimum Gasteiger partial charge on any atom is -0.440 e. The van der Waals surface area contributed by atoms with E-state index < -0.39 is 29.5 Å². The molecule has 4 rings (SSSR count). The Labute approximate surface area is 208 Å². The first kappa shape index (κ1) is 24.9. The SMILES string of the molecule is CN(C)CC(OC(=O)N1Cc2c(NC(=O)c3ccc(F)cc3)n[nH]c2C1(C)C)c1ccc(C#N)cc1. The summed E-state index contributed by atoms with van der Waals surface area (Å²) in [5.74, 6) is -0.564. The van der Waals surface area contributed by atoms with E-state index in [2.05, 4.69) is 21.6 Å². The molecule has 0 fully saturated rings. The minimum absolute atomic E-state index is 0.179. The highest BCUT2D eigenvalue weighted by molar-refractivity contribution is 6.04. The zero-order valence-electron chi connectivity index (χ0n) is 20.5. The van der Waals surface area contributed by atoms with Crippen LogP contribution < -0.4 is 5.32 Å². The lowest BCUT2D eigenvalue weighted by atomic mass is 10.0. The van der Waals surface area contributed by atoms with Gasteiger partial charge in [-0.15, -0.1) is 0 Å². The van der Waals surface area contributed by atoms with Crippen molar-refractivity contribution in [1.29, 1.82) is 5.26 Å². The molecule has 0 bridgehead atoms. The Bertz CT molecular complexity index is 1310. The van der Waals surface area contributed by atoms with Crippen molar-refractivity contribution < 1.29 is 18.7 Å². The van der Waals surface area contributed by atoms with E-state index in [1.165, 1.54) is 24.3 Å². The number of halogens is 1. The summed E-state index contributed by atoms with van der Waals surface area (Å²) in [5, 5.41) is 19.0. The number of likely N-dealkylation sites (N-methyl/N-ethyl adjacent to an activating group) is 1. The Morgan fingerprint density at radius 1 is 1.22 bits per heavy atom. The van der Waals surface area contributed by atoms with Gasteiger partial charge in [-0.3, -0.25) is 14.8 Å². The van der Waals surface area contributed by atoms with Crippen molar-refractivity contribution in [2.24, 2.45) is 0 Å². The van der Waals surface area contributed by atoms with Gasteiger partial charge in [0.15, 0.2) is 5.82 Å². The number of carbonyl (C=O) groups is 2. The van der Waals surface area contributed by atoms with Gasteiger partial charge in [-0.1, -0.05) is 12.1 Å². The number of aromatic nitrogens is 2. The van der Waals surface area contributed by atoms with E-state index in [4.69, 9.17) is 10.00 Å². The van der Waals surface area contributed by atoms with E-state index in [1.54, 1.807) is 29.2 Å². The molecular weight excluding hydrogens is 463 g/mol. The molecule has 0 saturated carbocycles. The Hall–Kier alpha value is -4.23. The van der Waals surface area contributed by atoms with Gasteiger partial charge < -0.3 is 15.0 Å². The predicted molar refractivity (Wildman–Crippen MR) is 130 cm³/mol. The highest BCUT2D eigenvalue weighted by atomic mass is 19.1. The lowest BCUT2D eigenvalue weighted by Crippen LogP contribution is -2.42. The van der Waals surface area contributed by atoms with Crippen LogP contribution in [0.3, 0.4) is 0 Å². The minimum atomic E-state index is -0.772. The number of aromatic amines is 1. The number of nitrogens with zero attached hydrogens (tertiary/aromatic N) is 4. The molecule has 0 radical (unpaired) electrons. The first-order valence-corrected chi connectivity index (χ1v) is 11.4. The zero-order chi connectivity index (χ0) is 26.0. The Balaban J connectivity index is 1.52. The number of fused-ring (bicyclic) bond motifs is 1. The number of nitriles is 1. The van der Waals surface area contributed by atoms with Crippen LogP contribution in [0.1, 0.15) is 52.7 Å². The van der Waals surface area contributed by atoms with Crippen LogP contribution in [-0.2, 0) is 16.8 Å². The normalized spacial score (nSPS) is 14.8. The summed E-state index contributed by atoms with van der Waals surface area (Å²) in [7, 11) is 3.77. The third-order valence-corrected chi connectivity index (χ3v) is 6.21. The fourth-order valence-corrected chi connectivity index (χ4v) is 4.19. The van der Waals surface area contributed by atoms with E-state index in [0.717, 1.165) is 5.56 Å². The fourth-order valence-electron chi connectivity index (χ4n) is 4.19. The van der Waals surface area contributed by atoms with Crippen LogP contribution in [0.15, 0.2) is 48.5 Å². The van der Waals surface area contributed by atoms with Crippen molar-refractivity contribution in [3.05, 3.63) is 82.3 Å². The number of benzene rings is 2. The molecule has 10 heteroatoms. The van der Waals surface area contributed by atoms with Gasteiger partial charge in [0.1, 0.15) is 11.9 Å². The molecule has 1 aliphatic rings. The number of rotatable bonds is 6. The Morgan fingerprint density at radius 2 is 1.89 bits per heavy atom. The van der Waals surface area contributed by atoms with Gasteiger partial charge in [0.2, 0.25) is 0 Å². The Morgan fingerprint density at radius 3 is 2.50 bits per heavy atom. The number of hydrogen-bond acceptors (Lipinski definition) is 6. The summed E-state index contributed by atoms with van der Waals surface area (Å²) < 4.78 is 19.1. The van der Waals surface area contributed by atoms with Crippen molar-refractivity contribution in [1.82, 2.24) is 20.0 Å². The first-order valence-electron chi connectivity index (χ1n) is 11.4. The number of hydrogen-bond donors (Lipinski definition) is 2. The molecule has 1 unspecified atom stereocenters. The number of nitrogens with one attached hydrogen (secondary N) is 2. The summed E-state index contributed by atoms with van der Waals surface area (Å²) in [6, 6.07) is 14.2. The summed E-state index contributed by atoms with van der Waals surface area (Å²) in [6.45, 7) is 4.37. The first-order chi connectivity index (χ1) is 17.1. The molecule has 1 aromatic heterocycles. The maximum absolute atomic E-state index is 13.4. The second kappa shape index (κ2) is 9.79. The third kappa shape index (κ3) is 4.92. The van der Waals surface area contributed by atoms with Gasteiger partial charge in [0.25, 0.3) is 5.91 Å². The molecule has 3 aromatic rings. The van der Waals surface area contributed by atoms with E-state index in [0.29, 0.717) is 29.2 Å². The standard InChI is InChI=1S/C26H27FN6O3/c1-26(2)22-20(23(31-30-22)29-24(34)18-9-11-19(27)12-10-18)14-33(26)25(35)36-21(15-32(3)4)17-7-5-16(13-28)6-8-17/h5-12,21H,14-15H2,1-4H3,(H2,29,30,31,34). The number of ether oxygens (including phenoxy) is 1. The summed E-state index contributed by atoms with van der Waals surface area (Å²) in [5.41, 5.74) is 2.18. The summed E-state index contributed by atoms with van der Waals surface area (Å²) >= 11 is 0. The van der Waals surface area contributed by atoms with Crippen LogP contribution in [0, 0.1) is 17.1 Å². The second-order valence-electron chi connectivity index (χ2n) is 9.40. The van der Waals surface area contributed by atoms with Crippen LogP contribution in [0.4, 0.5) is 15.0 Å². The van der Waals surface area contributed by atoms with Crippen molar-refractivity contribution in [2.45, 2.75) is 32.0 Å². The van der Waals surface area contributed by atoms with Gasteiger partial charge in [0, 0.05) is 17.7 Å². The molecule has 2 N–H and O–H groups in total. The highest BCUT2D eigenvalue weighted by Crippen LogP contribution is 2.41. The average Bonchev–Trinajstić information content (AvgIpc) is 3.36. The molecule has 2 amide bonds. The number of amides is 2. The third-order valence-electron chi connectivity index (χ3n) is 6.21. The molecule has 2 heterocycles. The van der Waals surface area contributed by atoms with Gasteiger partial charge in [-0.2, -0.15) is 10.4 Å². The quantitative estimate of drug-likeness (QED) is 0.536. The van der Waals surface area contributed by atoms with Crippen molar-refractivity contribution in [3.63, 3.8) is 0 Å².